The summed E-state index contributed by atoms with van der Waals surface area (Å²) in [6, 6.07) is 7.43. The number of hydrogen-bond donors (Lipinski definition) is 0. The van der Waals surface area contributed by atoms with E-state index in [9.17, 15) is 9.59 Å². The van der Waals surface area contributed by atoms with Gasteiger partial charge in [0.25, 0.3) is 0 Å². The zero-order valence-corrected chi connectivity index (χ0v) is 14.2. The Hall–Kier alpha value is -2.62. The van der Waals surface area contributed by atoms with E-state index in [4.69, 9.17) is 4.74 Å². The lowest BCUT2D eigenvalue weighted by molar-refractivity contribution is -0.138. The monoisotopic (exact) mass is 325 g/mol. The van der Waals surface area contributed by atoms with Crippen LogP contribution < -0.4 is 4.90 Å². The van der Waals surface area contributed by atoms with Crippen molar-refractivity contribution in [3.63, 3.8) is 0 Å². The molecule has 0 bridgehead atoms. The molecule has 0 radical (unpaired) electrons. The number of anilines is 1. The summed E-state index contributed by atoms with van der Waals surface area (Å²) in [5, 5.41) is 0. The number of rotatable bonds is 6. The lowest BCUT2D eigenvalue weighted by atomic mass is 9.87. The van der Waals surface area contributed by atoms with Crippen molar-refractivity contribution in [3.05, 3.63) is 66.3 Å². The van der Waals surface area contributed by atoms with Gasteiger partial charge in [0.1, 0.15) is 6.61 Å². The van der Waals surface area contributed by atoms with Crippen molar-refractivity contribution in [1.29, 1.82) is 0 Å². The average Bonchev–Trinajstić information content (AvgIpc) is 2.58. The Labute approximate surface area is 143 Å². The summed E-state index contributed by atoms with van der Waals surface area (Å²) in [7, 11) is 0. The molecule has 0 spiro atoms. The molecule has 126 valence electrons. The van der Waals surface area contributed by atoms with Gasteiger partial charge in [-0.05, 0) is 32.4 Å². The maximum absolute atomic E-state index is 12.7. The molecule has 0 aromatic heterocycles. The second-order valence-corrected chi connectivity index (χ2v) is 5.74. The van der Waals surface area contributed by atoms with Gasteiger partial charge >= 0.3 is 5.97 Å². The standard InChI is InChI=1S/C20H23NO3/c1-5-9-17-15(6-2)19(22)16-10-7-8-11-18(16)21(17)12-13-24-20(23)14(3)4/h5-8,10-11,17H,1,3,9,12-13H2,2,4H3/b15-6+. The molecular formula is C20H23NO3. The molecule has 4 heteroatoms. The molecule has 2 rings (SSSR count). The number of carbonyl (C=O) groups is 2. The van der Waals surface area contributed by atoms with Crippen LogP contribution in [0.3, 0.4) is 0 Å². The van der Waals surface area contributed by atoms with Gasteiger partial charge in [-0.25, -0.2) is 4.79 Å². The molecule has 1 aromatic carbocycles. The van der Waals surface area contributed by atoms with E-state index in [1.54, 1.807) is 6.92 Å². The van der Waals surface area contributed by atoms with Crippen LogP contribution in [0.4, 0.5) is 5.69 Å². The average molecular weight is 325 g/mol. The van der Waals surface area contributed by atoms with E-state index in [1.165, 1.54) is 0 Å². The van der Waals surface area contributed by atoms with Gasteiger partial charge in [0.2, 0.25) is 0 Å². The van der Waals surface area contributed by atoms with Gasteiger partial charge in [0.05, 0.1) is 12.6 Å². The van der Waals surface area contributed by atoms with Crippen molar-refractivity contribution >= 4 is 17.4 Å². The number of Topliss-reactive ketones (excluding diaryl/α,β-unsaturated/α-hetero) is 1. The number of para-hydroxylation sites is 1. The summed E-state index contributed by atoms with van der Waals surface area (Å²) in [5.41, 5.74) is 2.67. The number of allylic oxidation sites excluding steroid dienone is 1. The quantitative estimate of drug-likeness (QED) is 0.454. The zero-order valence-electron chi connectivity index (χ0n) is 14.2. The fraction of sp³-hybridized carbons (Fsp3) is 0.300. The Bertz CT molecular complexity index is 703. The molecule has 0 saturated carbocycles. The molecular weight excluding hydrogens is 302 g/mol. The second-order valence-electron chi connectivity index (χ2n) is 5.74. The van der Waals surface area contributed by atoms with Gasteiger partial charge in [0, 0.05) is 22.4 Å². The molecule has 0 aliphatic carbocycles. The number of benzene rings is 1. The SMILES string of the molecule is C=CCC1/C(=C\C)C(=O)c2ccccc2N1CCOC(=O)C(=C)C. The van der Waals surface area contributed by atoms with Crippen molar-refractivity contribution in [2.45, 2.75) is 26.3 Å². The maximum Gasteiger partial charge on any atom is 0.333 e. The Morgan fingerprint density at radius 3 is 2.71 bits per heavy atom. The molecule has 24 heavy (non-hydrogen) atoms. The molecule has 1 aliphatic rings. The van der Waals surface area contributed by atoms with E-state index >= 15 is 0 Å². The first kappa shape index (κ1) is 17.7. The van der Waals surface area contributed by atoms with Gasteiger partial charge in [-0.15, -0.1) is 6.58 Å². The highest BCUT2D eigenvalue weighted by Crippen LogP contribution is 2.34. The Morgan fingerprint density at radius 1 is 1.38 bits per heavy atom. The zero-order chi connectivity index (χ0) is 17.7. The van der Waals surface area contributed by atoms with Gasteiger partial charge < -0.3 is 9.64 Å². The summed E-state index contributed by atoms with van der Waals surface area (Å²) in [4.78, 5) is 26.4. The number of esters is 1. The van der Waals surface area contributed by atoms with Crippen molar-refractivity contribution in [2.24, 2.45) is 0 Å². The minimum absolute atomic E-state index is 0.0510. The molecule has 0 saturated heterocycles. The lowest BCUT2D eigenvalue weighted by Gasteiger charge is -2.39. The van der Waals surface area contributed by atoms with Crippen LogP contribution >= 0.6 is 0 Å². The van der Waals surface area contributed by atoms with Gasteiger partial charge in [-0.1, -0.05) is 30.9 Å². The highest BCUT2D eigenvalue weighted by atomic mass is 16.5. The highest BCUT2D eigenvalue weighted by molar-refractivity contribution is 6.15. The Kier molecular flexibility index (Phi) is 5.74. The molecule has 0 amide bonds. The van der Waals surface area contributed by atoms with Crippen LogP contribution in [0.1, 0.15) is 30.6 Å². The lowest BCUT2D eigenvalue weighted by Crippen LogP contribution is -2.45. The third-order valence-electron chi connectivity index (χ3n) is 4.07. The summed E-state index contributed by atoms with van der Waals surface area (Å²) < 4.78 is 5.23. The fourth-order valence-corrected chi connectivity index (χ4v) is 2.93. The number of ether oxygens (including phenoxy) is 1. The summed E-state index contributed by atoms with van der Waals surface area (Å²) in [6.45, 7) is 11.6. The molecule has 1 unspecified atom stereocenters. The van der Waals surface area contributed by atoms with Crippen molar-refractivity contribution in [1.82, 2.24) is 0 Å². The van der Waals surface area contributed by atoms with Gasteiger partial charge in [-0.3, -0.25) is 4.79 Å². The number of carbonyl (C=O) groups excluding carboxylic acids is 2. The minimum atomic E-state index is -0.400. The van der Waals surface area contributed by atoms with Crippen LogP contribution in [-0.4, -0.2) is 30.9 Å². The number of nitrogens with zero attached hydrogens (tertiary/aromatic N) is 1. The van der Waals surface area contributed by atoms with Crippen LogP contribution in [0.15, 0.2) is 60.7 Å². The van der Waals surface area contributed by atoms with E-state index in [0.29, 0.717) is 24.1 Å². The molecule has 1 atom stereocenters. The van der Waals surface area contributed by atoms with Crippen LogP contribution in [0.25, 0.3) is 0 Å². The Balaban J connectivity index is 2.31. The number of fused-ring (bicyclic) bond motifs is 1. The molecule has 0 N–H and O–H groups in total. The molecule has 1 heterocycles. The Morgan fingerprint density at radius 2 is 2.08 bits per heavy atom. The summed E-state index contributed by atoms with van der Waals surface area (Å²) in [6.07, 6.45) is 4.32. The predicted molar refractivity (Wildman–Crippen MR) is 96.3 cm³/mol. The fourth-order valence-electron chi connectivity index (χ4n) is 2.93. The normalized spacial score (nSPS) is 18.2. The first-order chi connectivity index (χ1) is 11.5. The third-order valence-corrected chi connectivity index (χ3v) is 4.07. The predicted octanol–water partition coefficient (Wildman–Crippen LogP) is 3.70. The van der Waals surface area contributed by atoms with Crippen molar-refractivity contribution in [2.75, 3.05) is 18.1 Å². The molecule has 0 fully saturated rings. The smallest absolute Gasteiger partial charge is 0.333 e. The van der Waals surface area contributed by atoms with E-state index in [1.807, 2.05) is 43.3 Å². The highest BCUT2D eigenvalue weighted by Gasteiger charge is 2.34. The minimum Gasteiger partial charge on any atom is -0.460 e. The second kappa shape index (κ2) is 7.77. The van der Waals surface area contributed by atoms with Gasteiger partial charge in [-0.2, -0.15) is 0 Å². The summed E-state index contributed by atoms with van der Waals surface area (Å²) >= 11 is 0. The van der Waals surface area contributed by atoms with E-state index < -0.39 is 5.97 Å². The maximum atomic E-state index is 12.7. The van der Waals surface area contributed by atoms with Crippen molar-refractivity contribution < 1.29 is 14.3 Å². The van der Waals surface area contributed by atoms with Crippen LogP contribution in [0.5, 0.6) is 0 Å². The molecule has 1 aliphatic heterocycles. The van der Waals surface area contributed by atoms with Crippen LogP contribution in [0, 0.1) is 0 Å². The number of hydrogen-bond acceptors (Lipinski definition) is 4. The summed E-state index contributed by atoms with van der Waals surface area (Å²) in [5.74, 6) is -0.349. The van der Waals surface area contributed by atoms with Crippen LogP contribution in [0.2, 0.25) is 0 Å². The van der Waals surface area contributed by atoms with E-state index in [2.05, 4.69) is 18.1 Å². The van der Waals surface area contributed by atoms with E-state index in [0.717, 1.165) is 11.3 Å². The largest absolute Gasteiger partial charge is 0.460 e. The topological polar surface area (TPSA) is 46.6 Å². The number of ketones is 1. The van der Waals surface area contributed by atoms with Crippen molar-refractivity contribution in [3.8, 4) is 0 Å². The van der Waals surface area contributed by atoms with Gasteiger partial charge in [0.15, 0.2) is 5.78 Å². The molecule has 1 aromatic rings. The molecule has 4 nitrogen and oxygen atoms in total. The first-order valence-electron chi connectivity index (χ1n) is 8.01. The third kappa shape index (κ3) is 3.48. The van der Waals surface area contributed by atoms with Crippen LogP contribution in [-0.2, 0) is 9.53 Å². The first-order valence-corrected chi connectivity index (χ1v) is 8.01. The van der Waals surface area contributed by atoms with E-state index in [-0.39, 0.29) is 18.4 Å².